The number of hydrogen-bond acceptors (Lipinski definition) is 4. The van der Waals surface area contributed by atoms with E-state index in [2.05, 4.69) is 22.4 Å². The average Bonchev–Trinajstić information content (AvgIpc) is 2.62. The van der Waals surface area contributed by atoms with Gasteiger partial charge in [0.05, 0.1) is 6.04 Å². The number of nitrogens with zero attached hydrogens (tertiary/aromatic N) is 2. The van der Waals surface area contributed by atoms with Crippen molar-refractivity contribution in [1.29, 1.82) is 0 Å². The molecular formula is C10H19N3O. The summed E-state index contributed by atoms with van der Waals surface area (Å²) in [6.45, 7) is 9.23. The average molecular weight is 197 g/mol. The Hall–Kier alpha value is -0.900. The van der Waals surface area contributed by atoms with Gasteiger partial charge in [-0.1, -0.05) is 20.8 Å². The van der Waals surface area contributed by atoms with Gasteiger partial charge in [-0.15, -0.1) is 10.2 Å². The number of aromatic nitrogens is 2. The molecule has 0 spiro atoms. The van der Waals surface area contributed by atoms with Gasteiger partial charge in [-0.05, 0) is 19.9 Å². The molecule has 0 bridgehead atoms. The summed E-state index contributed by atoms with van der Waals surface area (Å²) >= 11 is 0. The van der Waals surface area contributed by atoms with Crippen LogP contribution in [0.15, 0.2) is 4.42 Å². The van der Waals surface area contributed by atoms with E-state index >= 15 is 0 Å². The molecule has 0 aliphatic heterocycles. The molecule has 0 saturated carbocycles. The molecule has 1 heterocycles. The molecule has 4 heteroatoms. The van der Waals surface area contributed by atoms with E-state index in [0.717, 1.165) is 13.0 Å². The molecular weight excluding hydrogens is 178 g/mol. The maximum Gasteiger partial charge on any atom is 0.233 e. The summed E-state index contributed by atoms with van der Waals surface area (Å²) in [6.07, 6.45) is 1.11. The van der Waals surface area contributed by atoms with Crippen LogP contribution in [0.4, 0.5) is 0 Å². The van der Waals surface area contributed by atoms with Gasteiger partial charge >= 0.3 is 0 Å². The first kappa shape index (κ1) is 11.2. The van der Waals surface area contributed by atoms with E-state index in [1.54, 1.807) is 0 Å². The van der Waals surface area contributed by atoms with Gasteiger partial charge in [-0.25, -0.2) is 0 Å². The van der Waals surface area contributed by atoms with Crippen molar-refractivity contribution >= 4 is 0 Å². The van der Waals surface area contributed by atoms with E-state index < -0.39 is 0 Å². The third-order valence-corrected chi connectivity index (χ3v) is 2.02. The van der Waals surface area contributed by atoms with Gasteiger partial charge in [-0.2, -0.15) is 0 Å². The smallest absolute Gasteiger partial charge is 0.233 e. The van der Waals surface area contributed by atoms with Crippen molar-refractivity contribution in [3.05, 3.63) is 11.8 Å². The fraction of sp³-hybridized carbons (Fsp3) is 0.800. The van der Waals surface area contributed by atoms with Crippen LogP contribution >= 0.6 is 0 Å². The molecule has 1 rings (SSSR count). The molecule has 14 heavy (non-hydrogen) atoms. The van der Waals surface area contributed by atoms with Gasteiger partial charge in [0.15, 0.2) is 0 Å². The third-order valence-electron chi connectivity index (χ3n) is 2.02. The topological polar surface area (TPSA) is 51.0 Å². The highest BCUT2D eigenvalue weighted by Crippen LogP contribution is 2.16. The summed E-state index contributed by atoms with van der Waals surface area (Å²) < 4.78 is 5.52. The normalized spacial score (nSPS) is 13.5. The molecule has 0 radical (unpaired) electrons. The molecule has 1 unspecified atom stereocenters. The van der Waals surface area contributed by atoms with Crippen LogP contribution < -0.4 is 5.32 Å². The minimum Gasteiger partial charge on any atom is -0.423 e. The molecule has 0 aliphatic carbocycles. The van der Waals surface area contributed by atoms with Crippen molar-refractivity contribution in [2.24, 2.45) is 0 Å². The Morgan fingerprint density at radius 1 is 1.21 bits per heavy atom. The molecule has 0 amide bonds. The van der Waals surface area contributed by atoms with Crippen LogP contribution in [0, 0.1) is 0 Å². The van der Waals surface area contributed by atoms with Crippen LogP contribution in [0.2, 0.25) is 0 Å². The quantitative estimate of drug-likeness (QED) is 0.786. The lowest BCUT2D eigenvalue weighted by molar-refractivity contribution is 0.383. The van der Waals surface area contributed by atoms with Crippen LogP contribution in [-0.2, 0) is 0 Å². The maximum atomic E-state index is 5.52. The summed E-state index contributed by atoms with van der Waals surface area (Å²) in [5, 5.41) is 11.3. The Morgan fingerprint density at radius 3 is 2.36 bits per heavy atom. The second-order valence-electron chi connectivity index (χ2n) is 3.81. The minimum absolute atomic E-state index is 0.148. The highest BCUT2D eigenvalue weighted by Gasteiger charge is 2.14. The molecule has 0 fully saturated rings. The zero-order valence-electron chi connectivity index (χ0n) is 9.37. The van der Waals surface area contributed by atoms with Crippen LogP contribution in [0.5, 0.6) is 0 Å². The van der Waals surface area contributed by atoms with Gasteiger partial charge in [-0.3, -0.25) is 0 Å². The summed E-state index contributed by atoms with van der Waals surface area (Å²) in [5.74, 6) is 1.70. The van der Waals surface area contributed by atoms with E-state index in [1.165, 1.54) is 0 Å². The fourth-order valence-electron chi connectivity index (χ4n) is 1.10. The Morgan fingerprint density at radius 2 is 1.86 bits per heavy atom. The summed E-state index contributed by atoms with van der Waals surface area (Å²) in [4.78, 5) is 0. The summed E-state index contributed by atoms with van der Waals surface area (Å²) in [6, 6.07) is 0.148. The van der Waals surface area contributed by atoms with Gasteiger partial charge < -0.3 is 9.73 Å². The van der Waals surface area contributed by atoms with Gasteiger partial charge in [0.25, 0.3) is 0 Å². The molecule has 0 aromatic carbocycles. The van der Waals surface area contributed by atoms with Crippen LogP contribution in [0.1, 0.15) is 57.9 Å². The minimum atomic E-state index is 0.148. The van der Waals surface area contributed by atoms with Crippen LogP contribution in [0.25, 0.3) is 0 Å². The maximum absolute atomic E-state index is 5.52. The van der Waals surface area contributed by atoms with Crippen molar-refractivity contribution < 1.29 is 4.42 Å². The van der Waals surface area contributed by atoms with Crippen molar-refractivity contribution in [3.63, 3.8) is 0 Å². The van der Waals surface area contributed by atoms with E-state index in [4.69, 9.17) is 4.42 Å². The monoisotopic (exact) mass is 197 g/mol. The van der Waals surface area contributed by atoms with Crippen LogP contribution in [0.3, 0.4) is 0 Å². The number of rotatable bonds is 5. The molecule has 1 aromatic heterocycles. The second kappa shape index (κ2) is 5.10. The third kappa shape index (κ3) is 2.80. The fourth-order valence-corrected chi connectivity index (χ4v) is 1.10. The summed E-state index contributed by atoms with van der Waals surface area (Å²) in [5.41, 5.74) is 0. The SMILES string of the molecule is CCCNC(C)c1nnc(C(C)C)o1. The Labute approximate surface area is 85.1 Å². The van der Waals surface area contributed by atoms with E-state index in [9.17, 15) is 0 Å². The van der Waals surface area contributed by atoms with E-state index in [1.807, 2.05) is 20.8 Å². The molecule has 1 aromatic rings. The largest absolute Gasteiger partial charge is 0.423 e. The van der Waals surface area contributed by atoms with Gasteiger partial charge in [0, 0.05) is 5.92 Å². The lowest BCUT2D eigenvalue weighted by Crippen LogP contribution is -2.19. The summed E-state index contributed by atoms with van der Waals surface area (Å²) in [7, 11) is 0. The number of nitrogens with one attached hydrogen (secondary N) is 1. The molecule has 0 saturated heterocycles. The molecule has 0 aliphatic rings. The zero-order chi connectivity index (χ0) is 10.6. The standard InChI is InChI=1S/C10H19N3O/c1-5-6-11-8(4)10-13-12-9(14-10)7(2)3/h7-8,11H,5-6H2,1-4H3. The molecule has 4 nitrogen and oxygen atoms in total. The highest BCUT2D eigenvalue weighted by molar-refractivity contribution is 4.91. The Bertz CT molecular complexity index is 270. The first-order valence-electron chi connectivity index (χ1n) is 5.21. The first-order valence-corrected chi connectivity index (χ1v) is 5.21. The zero-order valence-corrected chi connectivity index (χ0v) is 9.37. The number of hydrogen-bond donors (Lipinski definition) is 1. The highest BCUT2D eigenvalue weighted by atomic mass is 16.4. The van der Waals surface area contributed by atoms with E-state index in [0.29, 0.717) is 17.7 Å². The van der Waals surface area contributed by atoms with Crippen molar-refractivity contribution in [2.45, 2.75) is 46.1 Å². The Balaban J connectivity index is 2.57. The van der Waals surface area contributed by atoms with Gasteiger partial charge in [0.1, 0.15) is 0 Å². The predicted octanol–water partition coefficient (Wildman–Crippen LogP) is 2.25. The van der Waals surface area contributed by atoms with Crippen molar-refractivity contribution in [2.75, 3.05) is 6.54 Å². The van der Waals surface area contributed by atoms with Gasteiger partial charge in [0.2, 0.25) is 11.8 Å². The Kier molecular flexibility index (Phi) is 4.07. The molecule has 1 atom stereocenters. The van der Waals surface area contributed by atoms with Crippen LogP contribution in [-0.4, -0.2) is 16.7 Å². The molecule has 1 N–H and O–H groups in total. The first-order chi connectivity index (χ1) is 6.65. The lowest BCUT2D eigenvalue weighted by Gasteiger charge is -2.07. The van der Waals surface area contributed by atoms with Crippen molar-refractivity contribution in [1.82, 2.24) is 15.5 Å². The van der Waals surface area contributed by atoms with E-state index in [-0.39, 0.29) is 6.04 Å². The lowest BCUT2D eigenvalue weighted by atomic mass is 10.2. The molecule has 80 valence electrons. The van der Waals surface area contributed by atoms with Crippen molar-refractivity contribution in [3.8, 4) is 0 Å². The predicted molar refractivity (Wildman–Crippen MR) is 55.1 cm³/mol. The second-order valence-corrected chi connectivity index (χ2v) is 3.81.